The van der Waals surface area contributed by atoms with E-state index in [1.54, 1.807) is 11.8 Å². The van der Waals surface area contributed by atoms with Crippen LogP contribution in [0.5, 0.6) is 0 Å². The molecule has 0 amide bonds. The molecule has 64 valence electrons. The van der Waals surface area contributed by atoms with Gasteiger partial charge in [-0.15, -0.1) is 0 Å². The third-order valence-corrected chi connectivity index (χ3v) is 3.02. The van der Waals surface area contributed by atoms with Crippen molar-refractivity contribution in [3.8, 4) is 0 Å². The van der Waals surface area contributed by atoms with E-state index in [-0.39, 0.29) is 0 Å². The van der Waals surface area contributed by atoms with Crippen molar-refractivity contribution in [1.82, 2.24) is 10.2 Å². The molecule has 2 nitrogen and oxygen atoms in total. The van der Waals surface area contributed by atoms with E-state index in [1.165, 1.54) is 10.7 Å². The summed E-state index contributed by atoms with van der Waals surface area (Å²) in [6.45, 7) is 2.13. The van der Waals surface area contributed by atoms with Gasteiger partial charge in [0.2, 0.25) is 0 Å². The topological polar surface area (TPSA) is 15.3 Å². The molecule has 2 aliphatic rings. The van der Waals surface area contributed by atoms with Crippen molar-refractivity contribution < 1.29 is 0 Å². The van der Waals surface area contributed by atoms with Crippen LogP contribution >= 0.6 is 11.8 Å². The van der Waals surface area contributed by atoms with Crippen LogP contribution in [0.3, 0.4) is 0 Å². The maximum atomic E-state index is 3.38. The Kier molecular flexibility index (Phi) is 2.13. The molecule has 0 aromatic heterocycles. The van der Waals surface area contributed by atoms with Gasteiger partial charge in [-0.1, -0.05) is 23.9 Å². The molecule has 0 aliphatic carbocycles. The first-order valence-corrected chi connectivity index (χ1v) is 4.95. The van der Waals surface area contributed by atoms with E-state index < -0.39 is 0 Å². The highest BCUT2D eigenvalue weighted by Crippen LogP contribution is 2.27. The summed E-state index contributed by atoms with van der Waals surface area (Å²) in [4.78, 5) is 2.29. The van der Waals surface area contributed by atoms with E-state index in [0.29, 0.717) is 0 Å². The van der Waals surface area contributed by atoms with Crippen LogP contribution in [0.4, 0.5) is 0 Å². The molecule has 3 heteroatoms. The number of nitrogens with zero attached hydrogens (tertiary/aromatic N) is 1. The Hall–Kier alpha value is -0.830. The Balaban J connectivity index is 2.32. The second-order valence-corrected chi connectivity index (χ2v) is 3.77. The van der Waals surface area contributed by atoms with Gasteiger partial charge in [0, 0.05) is 20.1 Å². The van der Waals surface area contributed by atoms with Gasteiger partial charge in [-0.2, -0.15) is 0 Å². The molecule has 0 aromatic carbocycles. The summed E-state index contributed by atoms with van der Waals surface area (Å²) in [5.41, 5.74) is 1.25. The van der Waals surface area contributed by atoms with Crippen LogP contribution in [0, 0.1) is 0 Å². The lowest BCUT2D eigenvalue weighted by Crippen LogP contribution is -2.34. The number of allylic oxidation sites excluding steroid dienone is 3. The molecule has 0 saturated heterocycles. The van der Waals surface area contributed by atoms with E-state index in [0.717, 1.165) is 13.1 Å². The average Bonchev–Trinajstić information content (AvgIpc) is 2.30. The first-order chi connectivity index (χ1) is 5.88. The minimum atomic E-state index is 1.04. The SMILES string of the molecule is CN1CCNC2=C1SC=CC=C2. The maximum Gasteiger partial charge on any atom is 0.0984 e. The van der Waals surface area contributed by atoms with Crippen molar-refractivity contribution in [2.24, 2.45) is 0 Å². The van der Waals surface area contributed by atoms with Crippen LogP contribution < -0.4 is 5.32 Å². The minimum Gasteiger partial charge on any atom is -0.381 e. The van der Waals surface area contributed by atoms with Crippen molar-refractivity contribution in [3.05, 3.63) is 34.4 Å². The van der Waals surface area contributed by atoms with E-state index >= 15 is 0 Å². The van der Waals surface area contributed by atoms with Crippen molar-refractivity contribution in [2.75, 3.05) is 20.1 Å². The summed E-state index contributed by atoms with van der Waals surface area (Å²) in [6.07, 6.45) is 6.27. The van der Waals surface area contributed by atoms with Gasteiger partial charge in [-0.25, -0.2) is 0 Å². The van der Waals surface area contributed by atoms with Crippen molar-refractivity contribution in [3.63, 3.8) is 0 Å². The highest BCUT2D eigenvalue weighted by atomic mass is 32.2. The van der Waals surface area contributed by atoms with Crippen molar-refractivity contribution in [2.45, 2.75) is 0 Å². The van der Waals surface area contributed by atoms with E-state index in [1.807, 2.05) is 0 Å². The largest absolute Gasteiger partial charge is 0.381 e. The quantitative estimate of drug-likeness (QED) is 0.608. The molecule has 0 saturated carbocycles. The molecule has 0 fully saturated rings. The fourth-order valence-electron chi connectivity index (χ4n) is 1.33. The van der Waals surface area contributed by atoms with Crippen LogP contribution in [0.1, 0.15) is 0 Å². The van der Waals surface area contributed by atoms with Crippen LogP contribution in [-0.4, -0.2) is 25.0 Å². The Labute approximate surface area is 77.0 Å². The van der Waals surface area contributed by atoms with Crippen molar-refractivity contribution in [1.29, 1.82) is 0 Å². The number of rotatable bonds is 0. The molecule has 0 unspecified atom stereocenters. The van der Waals surface area contributed by atoms with Gasteiger partial charge in [-0.3, -0.25) is 0 Å². The highest BCUT2D eigenvalue weighted by Gasteiger charge is 2.14. The number of hydrogen-bond acceptors (Lipinski definition) is 3. The summed E-state index contributed by atoms with van der Waals surface area (Å²) in [6, 6.07) is 0. The second kappa shape index (κ2) is 3.27. The fraction of sp³-hybridized carbons (Fsp3) is 0.333. The van der Waals surface area contributed by atoms with Gasteiger partial charge in [0.1, 0.15) is 0 Å². The Morgan fingerprint density at radius 1 is 1.50 bits per heavy atom. The molecule has 2 rings (SSSR count). The Morgan fingerprint density at radius 3 is 3.33 bits per heavy atom. The first kappa shape index (κ1) is 7.80. The molecular weight excluding hydrogens is 168 g/mol. The van der Waals surface area contributed by atoms with Gasteiger partial charge in [-0.05, 0) is 11.5 Å². The van der Waals surface area contributed by atoms with E-state index in [4.69, 9.17) is 0 Å². The van der Waals surface area contributed by atoms with Gasteiger partial charge in [0.15, 0.2) is 0 Å². The summed E-state index contributed by atoms with van der Waals surface area (Å²) in [7, 11) is 2.14. The lowest BCUT2D eigenvalue weighted by molar-refractivity contribution is 0.413. The zero-order valence-electron chi connectivity index (χ0n) is 7.08. The zero-order chi connectivity index (χ0) is 8.39. The Bertz CT molecular complexity index is 266. The average molecular weight is 180 g/mol. The normalized spacial score (nSPS) is 21.9. The first-order valence-electron chi connectivity index (χ1n) is 4.07. The third-order valence-electron chi connectivity index (χ3n) is 1.97. The highest BCUT2D eigenvalue weighted by molar-refractivity contribution is 8.05. The lowest BCUT2D eigenvalue weighted by Gasteiger charge is -2.28. The molecule has 0 radical (unpaired) electrons. The lowest BCUT2D eigenvalue weighted by atomic mass is 10.3. The predicted octanol–water partition coefficient (Wildman–Crippen LogP) is 1.51. The summed E-state index contributed by atoms with van der Waals surface area (Å²) in [5.74, 6) is 0. The molecule has 0 spiro atoms. The molecule has 0 bridgehead atoms. The second-order valence-electron chi connectivity index (χ2n) is 2.87. The zero-order valence-corrected chi connectivity index (χ0v) is 7.90. The summed E-state index contributed by atoms with van der Waals surface area (Å²) < 4.78 is 0. The molecule has 1 N–H and O–H groups in total. The Morgan fingerprint density at radius 2 is 2.42 bits per heavy atom. The predicted molar refractivity (Wildman–Crippen MR) is 53.5 cm³/mol. The van der Waals surface area contributed by atoms with Crippen LogP contribution in [-0.2, 0) is 0 Å². The van der Waals surface area contributed by atoms with E-state index in [2.05, 4.69) is 40.9 Å². The maximum absolute atomic E-state index is 3.38. The van der Waals surface area contributed by atoms with Gasteiger partial charge in [0.25, 0.3) is 0 Å². The van der Waals surface area contributed by atoms with Gasteiger partial charge < -0.3 is 10.2 Å². The molecule has 0 atom stereocenters. The molecule has 12 heavy (non-hydrogen) atoms. The molecular formula is C9H12N2S. The summed E-state index contributed by atoms with van der Waals surface area (Å²) >= 11 is 1.78. The standard InChI is InChI=1S/C9H12N2S/c1-11-6-5-10-8-4-2-3-7-12-9(8)11/h2-4,7,10H,5-6H2,1H3. The molecule has 0 aromatic rings. The van der Waals surface area contributed by atoms with Gasteiger partial charge >= 0.3 is 0 Å². The van der Waals surface area contributed by atoms with E-state index in [9.17, 15) is 0 Å². The molecule has 2 heterocycles. The molecule has 2 aliphatic heterocycles. The monoisotopic (exact) mass is 180 g/mol. The van der Waals surface area contributed by atoms with Crippen LogP contribution in [0.2, 0.25) is 0 Å². The number of hydrogen-bond donors (Lipinski definition) is 1. The summed E-state index contributed by atoms with van der Waals surface area (Å²) in [5, 5.41) is 6.82. The number of thioether (sulfide) groups is 1. The van der Waals surface area contributed by atoms with Crippen LogP contribution in [0.25, 0.3) is 0 Å². The van der Waals surface area contributed by atoms with Crippen molar-refractivity contribution >= 4 is 11.8 Å². The smallest absolute Gasteiger partial charge is 0.0984 e. The van der Waals surface area contributed by atoms with Gasteiger partial charge in [0.05, 0.1) is 10.7 Å². The minimum absolute atomic E-state index is 1.04. The number of likely N-dealkylation sites (N-methyl/N-ethyl adjacent to an activating group) is 1. The fourth-order valence-corrected chi connectivity index (χ4v) is 2.16. The third kappa shape index (κ3) is 1.37. The number of nitrogens with one attached hydrogen (secondary N) is 1. The van der Waals surface area contributed by atoms with Crippen LogP contribution in [0.15, 0.2) is 34.4 Å².